The fourth-order valence-corrected chi connectivity index (χ4v) is 2.08. The summed E-state index contributed by atoms with van der Waals surface area (Å²) in [5, 5.41) is 5.02. The van der Waals surface area contributed by atoms with Crippen molar-refractivity contribution in [1.29, 1.82) is 0 Å². The van der Waals surface area contributed by atoms with Crippen LogP contribution < -0.4 is 10.2 Å². The second-order valence-electron chi connectivity index (χ2n) is 4.16. The first-order chi connectivity index (χ1) is 10.6. The summed E-state index contributed by atoms with van der Waals surface area (Å²) >= 11 is 17.8. The molecule has 0 spiro atoms. The molecule has 2 aromatic carbocycles. The molecule has 2 rings (SSSR count). The minimum Gasteiger partial charge on any atom is -0.482 e. The molecular formula is C15H11Cl3N2O2. The Morgan fingerprint density at radius 2 is 1.82 bits per heavy atom. The van der Waals surface area contributed by atoms with E-state index in [9.17, 15) is 4.79 Å². The zero-order valence-electron chi connectivity index (χ0n) is 11.2. The zero-order chi connectivity index (χ0) is 15.9. The van der Waals surface area contributed by atoms with Gasteiger partial charge in [-0.1, -0.05) is 59.1 Å². The molecule has 0 atom stereocenters. The van der Waals surface area contributed by atoms with E-state index in [1.54, 1.807) is 42.5 Å². The maximum absolute atomic E-state index is 11.6. The van der Waals surface area contributed by atoms with E-state index in [0.29, 0.717) is 26.4 Å². The van der Waals surface area contributed by atoms with Gasteiger partial charge in [0.2, 0.25) is 0 Å². The first-order valence-electron chi connectivity index (χ1n) is 6.21. The van der Waals surface area contributed by atoms with Crippen LogP contribution in [0.3, 0.4) is 0 Å². The van der Waals surface area contributed by atoms with Crippen molar-refractivity contribution in [3.8, 4) is 5.75 Å². The van der Waals surface area contributed by atoms with Crippen LogP contribution >= 0.6 is 34.8 Å². The van der Waals surface area contributed by atoms with Gasteiger partial charge in [-0.25, -0.2) is 5.43 Å². The predicted octanol–water partition coefficient (Wildman–Crippen LogP) is 4.18. The number of benzene rings is 2. The normalized spacial score (nSPS) is 10.7. The van der Waals surface area contributed by atoms with Crippen molar-refractivity contribution < 1.29 is 9.53 Å². The number of nitrogens with one attached hydrogen (secondary N) is 1. The van der Waals surface area contributed by atoms with Crippen LogP contribution in [0.5, 0.6) is 5.75 Å². The lowest BCUT2D eigenvalue weighted by molar-refractivity contribution is -0.123. The minimum atomic E-state index is -0.422. The van der Waals surface area contributed by atoms with Gasteiger partial charge in [-0.05, 0) is 18.2 Å². The van der Waals surface area contributed by atoms with Gasteiger partial charge in [0, 0.05) is 5.56 Å². The molecule has 0 saturated heterocycles. The third-order valence-electron chi connectivity index (χ3n) is 2.57. The van der Waals surface area contributed by atoms with E-state index in [1.807, 2.05) is 0 Å². The van der Waals surface area contributed by atoms with Crippen LogP contribution in [-0.2, 0) is 4.79 Å². The summed E-state index contributed by atoms with van der Waals surface area (Å²) in [5.41, 5.74) is 2.93. The highest BCUT2D eigenvalue weighted by atomic mass is 35.5. The number of carbonyl (C=O) groups excluding carboxylic acids is 1. The molecule has 114 valence electrons. The molecule has 4 nitrogen and oxygen atoms in total. The topological polar surface area (TPSA) is 50.7 Å². The first-order valence-corrected chi connectivity index (χ1v) is 7.34. The second kappa shape index (κ2) is 8.03. The molecule has 0 aliphatic carbocycles. The summed E-state index contributed by atoms with van der Waals surface area (Å²) in [5.74, 6) is 0.00972. The van der Waals surface area contributed by atoms with Crippen LogP contribution in [0.2, 0.25) is 15.1 Å². The SMILES string of the molecule is O=C(COc1ccccc1Cl)N/N=C\c1cccc(Cl)c1Cl. The second-order valence-corrected chi connectivity index (χ2v) is 5.35. The molecular weight excluding hydrogens is 347 g/mol. The summed E-state index contributed by atoms with van der Waals surface area (Å²) in [6.07, 6.45) is 1.40. The smallest absolute Gasteiger partial charge is 0.277 e. The van der Waals surface area contributed by atoms with Gasteiger partial charge in [-0.3, -0.25) is 4.79 Å². The summed E-state index contributed by atoms with van der Waals surface area (Å²) in [6, 6.07) is 12.0. The predicted molar refractivity (Wildman–Crippen MR) is 89.1 cm³/mol. The highest BCUT2D eigenvalue weighted by Gasteiger charge is 2.05. The molecule has 1 N–H and O–H groups in total. The Morgan fingerprint density at radius 3 is 2.59 bits per heavy atom. The van der Waals surface area contributed by atoms with E-state index in [4.69, 9.17) is 39.5 Å². The lowest BCUT2D eigenvalue weighted by Gasteiger charge is -2.06. The van der Waals surface area contributed by atoms with E-state index in [0.717, 1.165) is 0 Å². The summed E-state index contributed by atoms with van der Waals surface area (Å²) < 4.78 is 5.28. The van der Waals surface area contributed by atoms with Crippen LogP contribution in [0.4, 0.5) is 0 Å². The molecule has 0 fully saturated rings. The Bertz CT molecular complexity index is 705. The molecule has 0 bridgehead atoms. The van der Waals surface area contributed by atoms with Crippen LogP contribution in [-0.4, -0.2) is 18.7 Å². The monoisotopic (exact) mass is 356 g/mol. The Kier molecular flexibility index (Phi) is 6.07. The molecule has 2 aromatic rings. The van der Waals surface area contributed by atoms with Crippen LogP contribution in [0.25, 0.3) is 0 Å². The molecule has 0 heterocycles. The van der Waals surface area contributed by atoms with Gasteiger partial charge < -0.3 is 4.74 Å². The highest BCUT2D eigenvalue weighted by molar-refractivity contribution is 6.43. The highest BCUT2D eigenvalue weighted by Crippen LogP contribution is 2.24. The van der Waals surface area contributed by atoms with Gasteiger partial charge in [0.05, 0.1) is 21.3 Å². The Hall–Kier alpha value is -1.75. The van der Waals surface area contributed by atoms with Crippen LogP contribution in [0.1, 0.15) is 5.56 Å². The number of nitrogens with zero attached hydrogens (tertiary/aromatic N) is 1. The number of ether oxygens (including phenoxy) is 1. The lowest BCUT2D eigenvalue weighted by atomic mass is 10.2. The Balaban J connectivity index is 1.86. The number of carbonyl (C=O) groups is 1. The molecule has 7 heteroatoms. The van der Waals surface area contributed by atoms with Gasteiger partial charge in [-0.2, -0.15) is 5.10 Å². The maximum Gasteiger partial charge on any atom is 0.277 e. The van der Waals surface area contributed by atoms with Crippen molar-refractivity contribution in [2.45, 2.75) is 0 Å². The standard InChI is InChI=1S/C15H11Cl3N2O2/c16-11-5-1-2-7-13(11)22-9-14(21)20-19-8-10-4-3-6-12(17)15(10)18/h1-8H,9H2,(H,20,21)/b19-8-. The third-order valence-corrected chi connectivity index (χ3v) is 3.72. The lowest BCUT2D eigenvalue weighted by Crippen LogP contribution is -2.24. The quantitative estimate of drug-likeness (QED) is 0.645. The minimum absolute atomic E-state index is 0.204. The molecule has 0 aromatic heterocycles. The van der Waals surface area contributed by atoms with Gasteiger partial charge in [0.1, 0.15) is 5.75 Å². The van der Waals surface area contributed by atoms with E-state index in [1.165, 1.54) is 6.21 Å². The van der Waals surface area contributed by atoms with Gasteiger partial charge in [-0.15, -0.1) is 0 Å². The number of para-hydroxylation sites is 1. The van der Waals surface area contributed by atoms with Gasteiger partial charge in [0.25, 0.3) is 5.91 Å². The van der Waals surface area contributed by atoms with Crippen molar-refractivity contribution in [3.05, 3.63) is 63.1 Å². The third kappa shape index (κ3) is 4.63. The van der Waals surface area contributed by atoms with Crippen molar-refractivity contribution >= 4 is 46.9 Å². The summed E-state index contributed by atoms with van der Waals surface area (Å²) in [7, 11) is 0. The number of amides is 1. The molecule has 0 aliphatic heterocycles. The molecule has 1 amide bonds. The average molecular weight is 358 g/mol. The first kappa shape index (κ1) is 16.6. The Morgan fingerprint density at radius 1 is 1.09 bits per heavy atom. The summed E-state index contributed by atoms with van der Waals surface area (Å²) in [4.78, 5) is 11.6. The van der Waals surface area contributed by atoms with E-state index in [2.05, 4.69) is 10.5 Å². The number of hydrazone groups is 1. The molecule has 0 aliphatic rings. The number of hydrogen-bond donors (Lipinski definition) is 1. The van der Waals surface area contributed by atoms with E-state index >= 15 is 0 Å². The van der Waals surface area contributed by atoms with Crippen molar-refractivity contribution in [2.24, 2.45) is 5.10 Å². The number of hydrogen-bond acceptors (Lipinski definition) is 3. The molecule has 0 radical (unpaired) electrons. The van der Waals surface area contributed by atoms with Crippen molar-refractivity contribution in [1.82, 2.24) is 5.43 Å². The number of halogens is 3. The van der Waals surface area contributed by atoms with Gasteiger partial charge in [0.15, 0.2) is 6.61 Å². The van der Waals surface area contributed by atoms with E-state index < -0.39 is 5.91 Å². The fourth-order valence-electron chi connectivity index (χ4n) is 1.53. The maximum atomic E-state index is 11.6. The molecule has 0 unspecified atom stereocenters. The average Bonchev–Trinajstić information content (AvgIpc) is 2.51. The largest absolute Gasteiger partial charge is 0.482 e. The number of rotatable bonds is 5. The van der Waals surface area contributed by atoms with Crippen LogP contribution in [0, 0.1) is 0 Å². The molecule has 0 saturated carbocycles. The van der Waals surface area contributed by atoms with Gasteiger partial charge >= 0.3 is 0 Å². The summed E-state index contributed by atoms with van der Waals surface area (Å²) in [6.45, 7) is -0.204. The fraction of sp³-hybridized carbons (Fsp3) is 0.0667. The van der Waals surface area contributed by atoms with Crippen LogP contribution in [0.15, 0.2) is 47.6 Å². The Labute approximate surface area is 142 Å². The van der Waals surface area contributed by atoms with E-state index in [-0.39, 0.29) is 6.61 Å². The van der Waals surface area contributed by atoms with Crippen molar-refractivity contribution in [2.75, 3.05) is 6.61 Å². The zero-order valence-corrected chi connectivity index (χ0v) is 13.5. The molecule has 22 heavy (non-hydrogen) atoms. The van der Waals surface area contributed by atoms with Crippen molar-refractivity contribution in [3.63, 3.8) is 0 Å².